The van der Waals surface area contributed by atoms with Gasteiger partial charge in [0.05, 0.1) is 13.0 Å². The number of carboxylic acids is 1. The number of ketones is 1. The third-order valence-electron chi connectivity index (χ3n) is 6.66. The fraction of sp³-hybridized carbons (Fsp3) is 0.458. The van der Waals surface area contributed by atoms with Gasteiger partial charge in [-0.25, -0.2) is 9.37 Å². The molecule has 0 aliphatic carbocycles. The summed E-state index contributed by atoms with van der Waals surface area (Å²) in [5.41, 5.74) is 0.673. The molecule has 0 radical (unpaired) electrons. The number of alkyl halides is 4. The number of nitrogens with one attached hydrogen (secondary N) is 1. The average molecular weight is 539 g/mol. The Labute approximate surface area is 214 Å². The van der Waals surface area contributed by atoms with Crippen molar-refractivity contribution in [2.24, 2.45) is 0 Å². The summed E-state index contributed by atoms with van der Waals surface area (Å²) >= 11 is 0. The number of nitrogens with zero attached hydrogens (tertiary/aromatic N) is 4. The number of amides is 2. The molecule has 0 fully saturated rings. The number of benzene rings is 1. The van der Waals surface area contributed by atoms with Crippen molar-refractivity contribution in [1.29, 1.82) is 0 Å². The minimum absolute atomic E-state index is 0.0509. The first-order chi connectivity index (χ1) is 17.9. The first-order valence-corrected chi connectivity index (χ1v) is 11.9. The number of anilines is 1. The quantitative estimate of drug-likeness (QED) is 0.468. The van der Waals surface area contributed by atoms with E-state index in [1.54, 1.807) is 25.1 Å². The molecule has 204 valence electrons. The molecule has 2 aromatic rings. The normalized spacial score (nSPS) is 16.6. The lowest BCUT2D eigenvalue weighted by Gasteiger charge is -2.29. The van der Waals surface area contributed by atoms with E-state index in [1.807, 2.05) is 4.90 Å². The Morgan fingerprint density at radius 3 is 2.55 bits per heavy atom. The fourth-order valence-electron chi connectivity index (χ4n) is 4.72. The van der Waals surface area contributed by atoms with Crippen LogP contribution in [0, 0.1) is 0 Å². The first kappa shape index (κ1) is 27.1. The first-order valence-electron chi connectivity index (χ1n) is 11.9. The van der Waals surface area contributed by atoms with Gasteiger partial charge in [-0.15, -0.1) is 0 Å². The number of Topliss-reactive ketones (excluding diaryl/α,β-unsaturated/α-hetero) is 1. The number of fused-ring (bicyclic) bond motifs is 2. The largest absolute Gasteiger partial charge is 0.481 e. The summed E-state index contributed by atoms with van der Waals surface area (Å²) in [6.45, 7) is 1.11. The van der Waals surface area contributed by atoms with Crippen molar-refractivity contribution >= 4 is 29.3 Å². The van der Waals surface area contributed by atoms with Crippen LogP contribution in [0.3, 0.4) is 0 Å². The van der Waals surface area contributed by atoms with Gasteiger partial charge in [0, 0.05) is 37.1 Å². The average Bonchev–Trinajstić information content (AvgIpc) is 3.44. The molecule has 0 spiro atoms. The highest BCUT2D eigenvalue weighted by molar-refractivity contribution is 6.02. The SMILES string of the molecule is CCC(C(=O)NC(CC(=O)O)C(=O)CF)N1Cc2cc(N3CCn4cc(C(F)(F)F)nc4C3)ccc2C1=O. The van der Waals surface area contributed by atoms with Crippen LogP contribution in [-0.4, -0.2) is 68.4 Å². The van der Waals surface area contributed by atoms with Gasteiger partial charge < -0.3 is 24.8 Å². The second-order valence-corrected chi connectivity index (χ2v) is 9.11. The van der Waals surface area contributed by atoms with Crippen LogP contribution >= 0.6 is 0 Å². The van der Waals surface area contributed by atoms with E-state index >= 15 is 0 Å². The predicted molar refractivity (Wildman–Crippen MR) is 124 cm³/mol. The molecule has 2 atom stereocenters. The molecule has 0 saturated heterocycles. The van der Waals surface area contributed by atoms with Crippen LogP contribution in [0.25, 0.3) is 0 Å². The summed E-state index contributed by atoms with van der Waals surface area (Å²) in [4.78, 5) is 55.7. The standard InChI is InChI=1S/C24H25F4N5O5/c1-2-17(22(37)29-16(8-21(35)36)18(34)9-25)33-10-13-7-14(3-4-15(13)23(33)38)31-5-6-32-11-19(24(26,27)28)30-20(32)12-31/h3-4,7,11,16-17H,2,5-6,8-10,12H2,1H3,(H,29,37)(H,35,36). The van der Waals surface area contributed by atoms with Crippen LogP contribution < -0.4 is 10.2 Å². The van der Waals surface area contributed by atoms with Gasteiger partial charge in [-0.2, -0.15) is 13.2 Å². The molecule has 3 heterocycles. The highest BCUT2D eigenvalue weighted by atomic mass is 19.4. The van der Waals surface area contributed by atoms with Crippen LogP contribution in [-0.2, 0) is 40.2 Å². The maximum atomic E-state index is 13.1. The number of carboxylic acid groups (broad SMARTS) is 1. The van der Waals surface area contributed by atoms with Crippen LogP contribution in [0.4, 0.5) is 23.2 Å². The number of carbonyl (C=O) groups excluding carboxylic acids is 3. The molecule has 2 aliphatic heterocycles. The van der Waals surface area contributed by atoms with E-state index in [2.05, 4.69) is 10.3 Å². The van der Waals surface area contributed by atoms with E-state index in [4.69, 9.17) is 5.11 Å². The Kier molecular flexibility index (Phi) is 7.42. The molecular formula is C24H25F4N5O5. The zero-order valence-corrected chi connectivity index (χ0v) is 20.3. The molecule has 10 nitrogen and oxygen atoms in total. The van der Waals surface area contributed by atoms with Gasteiger partial charge in [0.25, 0.3) is 5.91 Å². The molecule has 1 aromatic carbocycles. The Bertz CT molecular complexity index is 1280. The minimum Gasteiger partial charge on any atom is -0.481 e. The van der Waals surface area contributed by atoms with Crippen LogP contribution in [0.2, 0.25) is 0 Å². The maximum Gasteiger partial charge on any atom is 0.434 e. The summed E-state index contributed by atoms with van der Waals surface area (Å²) in [7, 11) is 0. The Morgan fingerprint density at radius 1 is 1.18 bits per heavy atom. The summed E-state index contributed by atoms with van der Waals surface area (Å²) in [5, 5.41) is 11.2. The zero-order valence-electron chi connectivity index (χ0n) is 20.3. The summed E-state index contributed by atoms with van der Waals surface area (Å²) in [5.74, 6) is -3.42. The molecule has 2 aliphatic rings. The lowest BCUT2D eigenvalue weighted by atomic mass is 10.1. The van der Waals surface area contributed by atoms with E-state index < -0.39 is 60.6 Å². The van der Waals surface area contributed by atoms with E-state index in [-0.39, 0.29) is 25.3 Å². The minimum atomic E-state index is -4.54. The lowest BCUT2D eigenvalue weighted by Crippen LogP contribution is -2.52. The van der Waals surface area contributed by atoms with Crippen LogP contribution in [0.1, 0.15) is 47.2 Å². The van der Waals surface area contributed by atoms with Gasteiger partial charge in [0.1, 0.15) is 24.6 Å². The predicted octanol–water partition coefficient (Wildman–Crippen LogP) is 2.15. The van der Waals surface area contributed by atoms with E-state index in [1.165, 1.54) is 9.47 Å². The van der Waals surface area contributed by atoms with Crippen molar-refractivity contribution in [3.05, 3.63) is 47.0 Å². The number of aliphatic carboxylic acids is 1. The number of imidazole rings is 1. The number of hydrogen-bond donors (Lipinski definition) is 2. The Hall–Kier alpha value is -3.97. The highest BCUT2D eigenvalue weighted by Gasteiger charge is 2.38. The van der Waals surface area contributed by atoms with Crippen molar-refractivity contribution < 1.29 is 41.8 Å². The van der Waals surface area contributed by atoms with E-state index in [0.29, 0.717) is 29.9 Å². The van der Waals surface area contributed by atoms with Crippen molar-refractivity contribution in [1.82, 2.24) is 19.8 Å². The highest BCUT2D eigenvalue weighted by Crippen LogP contribution is 2.33. The summed E-state index contributed by atoms with van der Waals surface area (Å²) < 4.78 is 53.5. The van der Waals surface area contributed by atoms with Crippen molar-refractivity contribution in [3.8, 4) is 0 Å². The van der Waals surface area contributed by atoms with Gasteiger partial charge in [0.2, 0.25) is 5.91 Å². The maximum absolute atomic E-state index is 13.1. The van der Waals surface area contributed by atoms with Gasteiger partial charge in [-0.05, 0) is 30.2 Å². The van der Waals surface area contributed by atoms with Crippen molar-refractivity contribution in [3.63, 3.8) is 0 Å². The Morgan fingerprint density at radius 2 is 1.92 bits per heavy atom. The van der Waals surface area contributed by atoms with Crippen molar-refractivity contribution in [2.45, 2.75) is 57.7 Å². The molecule has 1 aromatic heterocycles. The second-order valence-electron chi connectivity index (χ2n) is 9.11. The number of rotatable bonds is 9. The van der Waals surface area contributed by atoms with E-state index in [0.717, 1.165) is 6.20 Å². The lowest BCUT2D eigenvalue weighted by molar-refractivity contribution is -0.141. The number of halogens is 4. The molecule has 2 unspecified atom stereocenters. The molecule has 0 saturated carbocycles. The molecule has 4 rings (SSSR count). The second kappa shape index (κ2) is 10.4. The molecule has 14 heteroatoms. The number of carbonyl (C=O) groups is 4. The molecular weight excluding hydrogens is 514 g/mol. The third kappa shape index (κ3) is 5.34. The molecule has 2 N–H and O–H groups in total. The van der Waals surface area contributed by atoms with Gasteiger partial charge in [0.15, 0.2) is 11.5 Å². The molecule has 38 heavy (non-hydrogen) atoms. The van der Waals surface area contributed by atoms with Crippen LogP contribution in [0.5, 0.6) is 0 Å². The van der Waals surface area contributed by atoms with Gasteiger partial charge in [-0.1, -0.05) is 6.92 Å². The topological polar surface area (TPSA) is 125 Å². The van der Waals surface area contributed by atoms with E-state index in [9.17, 15) is 36.7 Å². The summed E-state index contributed by atoms with van der Waals surface area (Å²) in [6, 6.07) is 2.40. The molecule has 2 amide bonds. The molecule has 0 bridgehead atoms. The smallest absolute Gasteiger partial charge is 0.434 e. The van der Waals surface area contributed by atoms with Gasteiger partial charge >= 0.3 is 12.1 Å². The zero-order chi connectivity index (χ0) is 27.8. The Balaban J connectivity index is 1.49. The number of aromatic nitrogens is 2. The third-order valence-corrected chi connectivity index (χ3v) is 6.66. The van der Waals surface area contributed by atoms with Gasteiger partial charge in [-0.3, -0.25) is 19.2 Å². The fourth-order valence-corrected chi connectivity index (χ4v) is 4.72. The van der Waals surface area contributed by atoms with Crippen molar-refractivity contribution in [2.75, 3.05) is 18.1 Å². The van der Waals surface area contributed by atoms with Crippen LogP contribution in [0.15, 0.2) is 24.4 Å². The number of hydrogen-bond acceptors (Lipinski definition) is 6. The monoisotopic (exact) mass is 539 g/mol. The summed E-state index contributed by atoms with van der Waals surface area (Å²) in [6.07, 6.45) is -4.19.